The number of hydrogen-bond acceptors (Lipinski definition) is 3. The van der Waals surface area contributed by atoms with Crippen molar-refractivity contribution < 1.29 is 9.84 Å². The maximum Gasteiger partial charge on any atom is 0.217 e. The molecule has 0 atom stereocenters. The minimum atomic E-state index is -0.0576. The van der Waals surface area contributed by atoms with E-state index in [1.807, 2.05) is 30.3 Å². The van der Waals surface area contributed by atoms with Crippen molar-refractivity contribution in [3.63, 3.8) is 0 Å². The monoisotopic (exact) mass is 218 g/mol. The van der Waals surface area contributed by atoms with Gasteiger partial charge < -0.3 is 9.84 Å². The minimum absolute atomic E-state index is 0.0576. The Balaban J connectivity index is 2.25. The molecule has 16 heavy (non-hydrogen) atoms. The number of ether oxygens (including phenoxy) is 1. The SMILES string of the molecule is COc1c(CO)cnn1Cc1ccccc1. The fraction of sp³-hybridized carbons (Fsp3) is 0.250. The molecule has 0 aliphatic carbocycles. The molecular weight excluding hydrogens is 204 g/mol. The second-order valence-electron chi connectivity index (χ2n) is 3.48. The van der Waals surface area contributed by atoms with Gasteiger partial charge in [0.1, 0.15) is 0 Å². The van der Waals surface area contributed by atoms with Gasteiger partial charge in [-0.05, 0) is 5.56 Å². The number of aliphatic hydroxyl groups excluding tert-OH is 1. The van der Waals surface area contributed by atoms with Crippen LogP contribution in [0.1, 0.15) is 11.1 Å². The Bertz CT molecular complexity index is 451. The molecule has 0 fully saturated rings. The van der Waals surface area contributed by atoms with Crippen LogP contribution in [0, 0.1) is 0 Å². The van der Waals surface area contributed by atoms with Gasteiger partial charge >= 0.3 is 0 Å². The zero-order valence-electron chi connectivity index (χ0n) is 9.13. The number of rotatable bonds is 4. The highest BCUT2D eigenvalue weighted by Crippen LogP contribution is 2.18. The number of nitrogens with zero attached hydrogens (tertiary/aromatic N) is 2. The molecule has 4 heteroatoms. The predicted octanol–water partition coefficient (Wildman–Crippen LogP) is 1.43. The van der Waals surface area contributed by atoms with Crippen LogP contribution < -0.4 is 4.74 Å². The van der Waals surface area contributed by atoms with Gasteiger partial charge in [0, 0.05) is 0 Å². The molecule has 4 nitrogen and oxygen atoms in total. The summed E-state index contributed by atoms with van der Waals surface area (Å²) in [6, 6.07) is 10.00. The van der Waals surface area contributed by atoms with Crippen molar-refractivity contribution in [1.82, 2.24) is 9.78 Å². The normalized spacial score (nSPS) is 10.4. The first kappa shape index (κ1) is 10.7. The molecule has 2 aromatic rings. The maximum absolute atomic E-state index is 9.10. The Hall–Kier alpha value is -1.81. The number of benzene rings is 1. The van der Waals surface area contributed by atoms with Gasteiger partial charge in [0.25, 0.3) is 0 Å². The first-order chi connectivity index (χ1) is 7.85. The van der Waals surface area contributed by atoms with Crippen LogP contribution in [0.25, 0.3) is 0 Å². The van der Waals surface area contributed by atoms with Crippen LogP contribution in [0.5, 0.6) is 5.88 Å². The van der Waals surface area contributed by atoms with E-state index >= 15 is 0 Å². The largest absolute Gasteiger partial charge is 0.481 e. The summed E-state index contributed by atoms with van der Waals surface area (Å²) in [6.07, 6.45) is 1.63. The summed E-state index contributed by atoms with van der Waals surface area (Å²) >= 11 is 0. The third kappa shape index (κ3) is 2.06. The van der Waals surface area contributed by atoms with Crippen LogP contribution in [0.2, 0.25) is 0 Å². The molecule has 0 radical (unpaired) electrons. The quantitative estimate of drug-likeness (QED) is 0.844. The molecule has 84 valence electrons. The van der Waals surface area contributed by atoms with Crippen LogP contribution in [-0.2, 0) is 13.2 Å². The number of aromatic nitrogens is 2. The second-order valence-corrected chi connectivity index (χ2v) is 3.48. The fourth-order valence-electron chi connectivity index (χ4n) is 1.63. The molecule has 0 unspecified atom stereocenters. The van der Waals surface area contributed by atoms with Crippen LogP contribution in [0.15, 0.2) is 36.5 Å². The molecule has 1 N–H and O–H groups in total. The van der Waals surface area contributed by atoms with Gasteiger partial charge in [0.05, 0.1) is 32.0 Å². The fourth-order valence-corrected chi connectivity index (χ4v) is 1.63. The molecule has 2 rings (SSSR count). The van der Waals surface area contributed by atoms with E-state index in [4.69, 9.17) is 9.84 Å². The topological polar surface area (TPSA) is 47.3 Å². The van der Waals surface area contributed by atoms with Gasteiger partial charge in [-0.3, -0.25) is 0 Å². The van der Waals surface area contributed by atoms with Gasteiger partial charge in [-0.1, -0.05) is 30.3 Å². The summed E-state index contributed by atoms with van der Waals surface area (Å²) in [6.45, 7) is 0.585. The van der Waals surface area contributed by atoms with Crippen molar-refractivity contribution in [3.05, 3.63) is 47.7 Å². The van der Waals surface area contributed by atoms with Crippen molar-refractivity contribution in [1.29, 1.82) is 0 Å². The smallest absolute Gasteiger partial charge is 0.217 e. The highest BCUT2D eigenvalue weighted by atomic mass is 16.5. The summed E-state index contributed by atoms with van der Waals surface area (Å²) in [4.78, 5) is 0. The van der Waals surface area contributed by atoms with E-state index in [-0.39, 0.29) is 6.61 Å². The summed E-state index contributed by atoms with van der Waals surface area (Å²) in [5, 5.41) is 13.3. The van der Waals surface area contributed by atoms with E-state index in [0.29, 0.717) is 18.0 Å². The standard InChI is InChI=1S/C12H14N2O2/c1-16-12-11(9-15)7-13-14(12)8-10-5-3-2-4-6-10/h2-7,15H,8-9H2,1H3. The Morgan fingerprint density at radius 3 is 2.69 bits per heavy atom. The van der Waals surface area contributed by atoms with Crippen molar-refractivity contribution in [2.24, 2.45) is 0 Å². The Morgan fingerprint density at radius 1 is 1.31 bits per heavy atom. The zero-order chi connectivity index (χ0) is 11.4. The second kappa shape index (κ2) is 4.81. The van der Waals surface area contributed by atoms with Crippen molar-refractivity contribution >= 4 is 0 Å². The Labute approximate surface area is 94.1 Å². The van der Waals surface area contributed by atoms with E-state index in [0.717, 1.165) is 5.56 Å². The first-order valence-corrected chi connectivity index (χ1v) is 5.08. The van der Waals surface area contributed by atoms with Gasteiger partial charge in [-0.25, -0.2) is 4.68 Å². The van der Waals surface area contributed by atoms with Crippen LogP contribution in [-0.4, -0.2) is 22.0 Å². The Morgan fingerprint density at radius 2 is 2.06 bits per heavy atom. The van der Waals surface area contributed by atoms with Crippen molar-refractivity contribution in [2.45, 2.75) is 13.2 Å². The molecule has 0 saturated heterocycles. The lowest BCUT2D eigenvalue weighted by atomic mass is 10.2. The van der Waals surface area contributed by atoms with E-state index in [9.17, 15) is 0 Å². The highest BCUT2D eigenvalue weighted by Gasteiger charge is 2.10. The molecule has 1 aromatic carbocycles. The van der Waals surface area contributed by atoms with Crippen LogP contribution in [0.4, 0.5) is 0 Å². The molecule has 0 spiro atoms. The van der Waals surface area contributed by atoms with E-state index in [1.165, 1.54) is 0 Å². The summed E-state index contributed by atoms with van der Waals surface area (Å²) in [5.74, 6) is 0.617. The summed E-state index contributed by atoms with van der Waals surface area (Å²) < 4.78 is 6.96. The maximum atomic E-state index is 9.10. The molecule has 0 aliphatic rings. The molecule has 0 amide bonds. The first-order valence-electron chi connectivity index (χ1n) is 5.08. The van der Waals surface area contributed by atoms with Crippen molar-refractivity contribution in [3.8, 4) is 5.88 Å². The minimum Gasteiger partial charge on any atom is -0.481 e. The van der Waals surface area contributed by atoms with Gasteiger partial charge in [-0.2, -0.15) is 5.10 Å². The average molecular weight is 218 g/mol. The third-order valence-electron chi connectivity index (χ3n) is 2.40. The van der Waals surface area contributed by atoms with Crippen LogP contribution >= 0.6 is 0 Å². The molecule has 0 bridgehead atoms. The molecule has 0 saturated carbocycles. The van der Waals surface area contributed by atoms with Crippen molar-refractivity contribution in [2.75, 3.05) is 7.11 Å². The summed E-state index contributed by atoms with van der Waals surface area (Å²) in [5.41, 5.74) is 1.85. The number of methoxy groups -OCH3 is 1. The molecular formula is C12H14N2O2. The van der Waals surface area contributed by atoms with Gasteiger partial charge in [0.2, 0.25) is 5.88 Å². The highest BCUT2D eigenvalue weighted by molar-refractivity contribution is 5.25. The molecule has 0 aliphatic heterocycles. The van der Waals surface area contributed by atoms with E-state index in [2.05, 4.69) is 5.10 Å². The number of aliphatic hydroxyl groups is 1. The van der Waals surface area contributed by atoms with Gasteiger partial charge in [0.15, 0.2) is 0 Å². The van der Waals surface area contributed by atoms with Gasteiger partial charge in [-0.15, -0.1) is 0 Å². The average Bonchev–Trinajstić information content (AvgIpc) is 2.72. The number of hydrogen-bond donors (Lipinski definition) is 1. The third-order valence-corrected chi connectivity index (χ3v) is 2.40. The lowest BCUT2D eigenvalue weighted by Gasteiger charge is -2.07. The Kier molecular flexibility index (Phi) is 3.22. The molecule has 1 heterocycles. The summed E-state index contributed by atoms with van der Waals surface area (Å²) in [7, 11) is 1.58. The lowest BCUT2D eigenvalue weighted by molar-refractivity contribution is 0.270. The van der Waals surface area contributed by atoms with Crippen LogP contribution in [0.3, 0.4) is 0 Å². The lowest BCUT2D eigenvalue weighted by Crippen LogP contribution is -2.04. The molecule has 1 aromatic heterocycles. The predicted molar refractivity (Wildman–Crippen MR) is 60.2 cm³/mol. The zero-order valence-corrected chi connectivity index (χ0v) is 9.13. The van der Waals surface area contributed by atoms with E-state index < -0.39 is 0 Å². The van der Waals surface area contributed by atoms with E-state index in [1.54, 1.807) is 18.0 Å².